The normalized spacial score (nSPS) is 21.7. The van der Waals surface area contributed by atoms with Crippen molar-refractivity contribution in [2.45, 2.75) is 45.6 Å². The molecule has 1 aliphatic carbocycles. The van der Waals surface area contributed by atoms with Crippen molar-refractivity contribution in [1.29, 1.82) is 0 Å². The quantitative estimate of drug-likeness (QED) is 0.801. The van der Waals surface area contributed by atoms with Gasteiger partial charge in [-0.15, -0.1) is 0 Å². The molecule has 110 valence electrons. The fourth-order valence-electron chi connectivity index (χ4n) is 3.53. The van der Waals surface area contributed by atoms with E-state index in [1.165, 1.54) is 28.7 Å². The van der Waals surface area contributed by atoms with Crippen LogP contribution < -0.4 is 0 Å². The molecule has 1 heteroatoms. The van der Waals surface area contributed by atoms with Crippen molar-refractivity contribution in [1.82, 2.24) is 0 Å². The third-order valence-corrected chi connectivity index (χ3v) is 4.83. The molecule has 0 aliphatic heterocycles. The van der Waals surface area contributed by atoms with Crippen molar-refractivity contribution in [3.8, 4) is 0 Å². The Bertz CT molecular complexity index is 629. The molecule has 0 fully saturated rings. The number of rotatable bonds is 2. The van der Waals surface area contributed by atoms with Crippen LogP contribution in [0.15, 0.2) is 42.5 Å². The van der Waals surface area contributed by atoms with E-state index in [2.05, 4.69) is 50.2 Å². The Balaban J connectivity index is 1.87. The molecule has 2 unspecified atom stereocenters. The van der Waals surface area contributed by atoms with Gasteiger partial charge in [0.15, 0.2) is 0 Å². The van der Waals surface area contributed by atoms with Crippen molar-refractivity contribution in [2.75, 3.05) is 0 Å². The van der Waals surface area contributed by atoms with Gasteiger partial charge in [-0.1, -0.05) is 48.0 Å². The first-order chi connectivity index (χ1) is 10.1. The van der Waals surface area contributed by atoms with Gasteiger partial charge in [0, 0.05) is 0 Å². The van der Waals surface area contributed by atoms with Gasteiger partial charge in [-0.2, -0.15) is 0 Å². The van der Waals surface area contributed by atoms with Crippen LogP contribution in [0, 0.1) is 19.8 Å². The number of aliphatic hydroxyl groups is 1. The van der Waals surface area contributed by atoms with Crippen LogP contribution in [0.2, 0.25) is 0 Å². The van der Waals surface area contributed by atoms with Crippen LogP contribution in [0.3, 0.4) is 0 Å². The van der Waals surface area contributed by atoms with Gasteiger partial charge in [0.1, 0.15) is 0 Å². The van der Waals surface area contributed by atoms with Crippen LogP contribution in [-0.4, -0.2) is 5.11 Å². The predicted octanol–water partition coefficient (Wildman–Crippen LogP) is 4.53. The summed E-state index contributed by atoms with van der Waals surface area (Å²) in [5, 5.41) is 10.8. The van der Waals surface area contributed by atoms with Gasteiger partial charge in [0.05, 0.1) is 6.10 Å². The first kappa shape index (κ1) is 14.3. The van der Waals surface area contributed by atoms with E-state index in [1.54, 1.807) is 0 Å². The van der Waals surface area contributed by atoms with Crippen molar-refractivity contribution >= 4 is 0 Å². The van der Waals surface area contributed by atoms with E-state index >= 15 is 0 Å². The number of hydrogen-bond donors (Lipinski definition) is 1. The molecule has 1 aliphatic rings. The fourth-order valence-corrected chi connectivity index (χ4v) is 3.53. The molecular weight excluding hydrogens is 256 g/mol. The lowest BCUT2D eigenvalue weighted by Crippen LogP contribution is -2.15. The van der Waals surface area contributed by atoms with E-state index in [0.29, 0.717) is 5.92 Å². The molecule has 2 aromatic rings. The van der Waals surface area contributed by atoms with Gasteiger partial charge in [0.25, 0.3) is 0 Å². The minimum atomic E-state index is -0.330. The van der Waals surface area contributed by atoms with Crippen molar-refractivity contribution in [3.63, 3.8) is 0 Å². The highest BCUT2D eigenvalue weighted by atomic mass is 16.3. The summed E-state index contributed by atoms with van der Waals surface area (Å²) in [7, 11) is 0. The van der Waals surface area contributed by atoms with Gasteiger partial charge >= 0.3 is 0 Å². The highest BCUT2D eigenvalue weighted by Crippen LogP contribution is 2.35. The molecule has 0 heterocycles. The van der Waals surface area contributed by atoms with Crippen LogP contribution in [-0.2, 0) is 12.8 Å². The summed E-state index contributed by atoms with van der Waals surface area (Å²) in [5.41, 5.74) is 6.50. The van der Waals surface area contributed by atoms with E-state index in [4.69, 9.17) is 0 Å². The zero-order valence-corrected chi connectivity index (χ0v) is 13.0. The average molecular weight is 280 g/mol. The molecule has 21 heavy (non-hydrogen) atoms. The first-order valence-electron chi connectivity index (χ1n) is 7.97. The van der Waals surface area contributed by atoms with Crippen molar-refractivity contribution < 1.29 is 5.11 Å². The molecule has 0 radical (unpaired) electrons. The fraction of sp³-hybridized carbons (Fsp3) is 0.400. The monoisotopic (exact) mass is 280 g/mol. The van der Waals surface area contributed by atoms with E-state index in [-0.39, 0.29) is 6.10 Å². The lowest BCUT2D eigenvalue weighted by Gasteiger charge is -2.23. The summed E-state index contributed by atoms with van der Waals surface area (Å²) in [5.74, 6) is 0.328. The zero-order chi connectivity index (χ0) is 14.8. The molecule has 0 bridgehead atoms. The highest BCUT2D eigenvalue weighted by Gasteiger charge is 2.26. The smallest absolute Gasteiger partial charge is 0.0824 e. The summed E-state index contributed by atoms with van der Waals surface area (Å²) in [6.45, 7) is 4.31. The minimum Gasteiger partial charge on any atom is -0.388 e. The predicted molar refractivity (Wildman–Crippen MR) is 87.4 cm³/mol. The SMILES string of the molecule is Cc1ccc(C)c(CC2CCCc3ccccc3C2O)c1. The Labute approximate surface area is 127 Å². The first-order valence-corrected chi connectivity index (χ1v) is 7.97. The van der Waals surface area contributed by atoms with Gasteiger partial charge in [-0.3, -0.25) is 0 Å². The number of benzene rings is 2. The van der Waals surface area contributed by atoms with Crippen LogP contribution in [0.4, 0.5) is 0 Å². The third kappa shape index (κ3) is 3.03. The number of aliphatic hydroxyl groups excluding tert-OH is 1. The molecule has 2 atom stereocenters. The summed E-state index contributed by atoms with van der Waals surface area (Å²) in [6.07, 6.45) is 4.01. The third-order valence-electron chi connectivity index (χ3n) is 4.83. The van der Waals surface area contributed by atoms with Crippen LogP contribution >= 0.6 is 0 Å². The van der Waals surface area contributed by atoms with Crippen LogP contribution in [0.25, 0.3) is 0 Å². The molecule has 0 saturated heterocycles. The van der Waals surface area contributed by atoms with E-state index in [1.807, 2.05) is 6.07 Å². The summed E-state index contributed by atoms with van der Waals surface area (Å²) in [4.78, 5) is 0. The van der Waals surface area contributed by atoms with E-state index in [0.717, 1.165) is 24.8 Å². The van der Waals surface area contributed by atoms with Gasteiger partial charge < -0.3 is 5.11 Å². The Morgan fingerprint density at radius 1 is 1.10 bits per heavy atom. The molecule has 1 nitrogen and oxygen atoms in total. The van der Waals surface area contributed by atoms with Gasteiger partial charge in [0.2, 0.25) is 0 Å². The highest BCUT2D eigenvalue weighted by molar-refractivity contribution is 5.33. The maximum atomic E-state index is 10.8. The number of fused-ring (bicyclic) bond motifs is 1. The second-order valence-electron chi connectivity index (χ2n) is 6.43. The van der Waals surface area contributed by atoms with Crippen LogP contribution in [0.1, 0.15) is 46.8 Å². The molecule has 2 aromatic carbocycles. The molecule has 3 rings (SSSR count). The zero-order valence-electron chi connectivity index (χ0n) is 13.0. The van der Waals surface area contributed by atoms with E-state index in [9.17, 15) is 5.11 Å². The number of aryl methyl sites for hydroxylation is 3. The summed E-state index contributed by atoms with van der Waals surface area (Å²) < 4.78 is 0. The van der Waals surface area contributed by atoms with Gasteiger partial charge in [-0.05, 0) is 67.7 Å². The van der Waals surface area contributed by atoms with E-state index < -0.39 is 0 Å². The largest absolute Gasteiger partial charge is 0.388 e. The average Bonchev–Trinajstić information content (AvgIpc) is 2.64. The molecule has 1 N–H and O–H groups in total. The summed E-state index contributed by atoms with van der Waals surface area (Å²) in [6, 6.07) is 15.0. The summed E-state index contributed by atoms with van der Waals surface area (Å²) >= 11 is 0. The maximum Gasteiger partial charge on any atom is 0.0824 e. The van der Waals surface area contributed by atoms with Crippen LogP contribution in [0.5, 0.6) is 0 Å². The second kappa shape index (κ2) is 6.03. The molecule has 0 saturated carbocycles. The Morgan fingerprint density at radius 2 is 1.90 bits per heavy atom. The molecule has 0 aromatic heterocycles. The minimum absolute atomic E-state index is 0.328. The Kier molecular flexibility index (Phi) is 4.12. The van der Waals surface area contributed by atoms with Gasteiger partial charge in [-0.25, -0.2) is 0 Å². The van der Waals surface area contributed by atoms with Crippen molar-refractivity contribution in [3.05, 3.63) is 70.3 Å². The lowest BCUT2D eigenvalue weighted by molar-refractivity contribution is 0.105. The molecular formula is C20H24O. The molecule has 0 amide bonds. The maximum absolute atomic E-state index is 10.8. The standard InChI is InChI=1S/C20H24O/c1-14-10-11-15(2)18(12-14)13-17-8-5-7-16-6-3-4-9-19(16)20(17)21/h3-4,6,9-12,17,20-21H,5,7-8,13H2,1-2H3. The molecule has 0 spiro atoms. The second-order valence-corrected chi connectivity index (χ2v) is 6.43. The Morgan fingerprint density at radius 3 is 2.76 bits per heavy atom. The van der Waals surface area contributed by atoms with Crippen molar-refractivity contribution in [2.24, 2.45) is 5.92 Å². The topological polar surface area (TPSA) is 20.2 Å². The lowest BCUT2D eigenvalue weighted by atomic mass is 9.86. The Hall–Kier alpha value is -1.60. The number of hydrogen-bond acceptors (Lipinski definition) is 1.